The van der Waals surface area contributed by atoms with Crippen LogP contribution in [0.2, 0.25) is 0 Å². The van der Waals surface area contributed by atoms with Crippen molar-refractivity contribution in [1.29, 1.82) is 0 Å². The minimum atomic E-state index is -0.232. The fraction of sp³-hybridized carbons (Fsp3) is 0.692. The molecule has 0 N–H and O–H groups in total. The highest BCUT2D eigenvalue weighted by Crippen LogP contribution is 2.53. The van der Waals surface area contributed by atoms with Gasteiger partial charge >= 0.3 is 5.00 Å². The van der Waals surface area contributed by atoms with Gasteiger partial charge in [-0.1, -0.05) is 39.0 Å². The normalized spacial score (nSPS) is 21.0. The lowest BCUT2D eigenvalue weighted by atomic mass is 9.66. The average molecular weight is 253 g/mol. The van der Waals surface area contributed by atoms with Crippen LogP contribution in [0.1, 0.15) is 56.5 Å². The maximum atomic E-state index is 11.1. The Morgan fingerprint density at radius 3 is 2.18 bits per heavy atom. The fourth-order valence-corrected chi connectivity index (χ4v) is 4.26. The molecule has 1 aromatic heterocycles. The first-order valence-electron chi connectivity index (χ1n) is 5.95. The van der Waals surface area contributed by atoms with Crippen molar-refractivity contribution >= 4 is 16.3 Å². The highest BCUT2D eigenvalue weighted by molar-refractivity contribution is 7.15. The first-order valence-corrected chi connectivity index (χ1v) is 6.77. The molecule has 0 saturated heterocycles. The number of rotatable bonds is 1. The molecule has 0 unspecified atom stereocenters. The minimum absolute atomic E-state index is 0.0691. The van der Waals surface area contributed by atoms with Gasteiger partial charge in [0.25, 0.3) is 0 Å². The van der Waals surface area contributed by atoms with Crippen molar-refractivity contribution < 1.29 is 4.92 Å². The summed E-state index contributed by atoms with van der Waals surface area (Å²) in [6.45, 7) is 10.7. The maximum absolute atomic E-state index is 11.1. The van der Waals surface area contributed by atoms with Gasteiger partial charge < -0.3 is 0 Å². The zero-order valence-corrected chi connectivity index (χ0v) is 11.9. The van der Waals surface area contributed by atoms with Crippen LogP contribution in [-0.4, -0.2) is 4.92 Å². The molecule has 0 spiro atoms. The summed E-state index contributed by atoms with van der Waals surface area (Å²) in [4.78, 5) is 12.1. The van der Waals surface area contributed by atoms with Crippen LogP contribution in [0.15, 0.2) is 0 Å². The van der Waals surface area contributed by atoms with Gasteiger partial charge in [0, 0.05) is 10.4 Å². The van der Waals surface area contributed by atoms with E-state index < -0.39 is 0 Å². The van der Waals surface area contributed by atoms with Crippen LogP contribution in [0, 0.1) is 17.0 Å². The molecule has 0 aliphatic heterocycles. The Kier molecular flexibility index (Phi) is 2.62. The molecule has 0 bridgehead atoms. The van der Waals surface area contributed by atoms with E-state index in [1.54, 1.807) is 0 Å². The smallest absolute Gasteiger partial charge is 0.258 e. The molecule has 4 heteroatoms. The van der Waals surface area contributed by atoms with Crippen molar-refractivity contribution in [2.75, 3.05) is 0 Å². The van der Waals surface area contributed by atoms with Crippen molar-refractivity contribution in [3.8, 4) is 0 Å². The number of nitrogens with zero attached hydrogens (tertiary/aromatic N) is 1. The van der Waals surface area contributed by atoms with Gasteiger partial charge in [-0.05, 0) is 36.2 Å². The molecule has 17 heavy (non-hydrogen) atoms. The van der Waals surface area contributed by atoms with Crippen LogP contribution in [0.25, 0.3) is 0 Å². The molecule has 1 aliphatic carbocycles. The summed E-state index contributed by atoms with van der Waals surface area (Å²) >= 11 is 1.38. The Balaban J connectivity index is 2.73. The van der Waals surface area contributed by atoms with E-state index in [0.29, 0.717) is 5.00 Å². The van der Waals surface area contributed by atoms with Crippen LogP contribution in [-0.2, 0) is 10.8 Å². The van der Waals surface area contributed by atoms with Crippen LogP contribution < -0.4 is 0 Å². The molecule has 3 nitrogen and oxygen atoms in total. The molecule has 1 heterocycles. The van der Waals surface area contributed by atoms with Crippen molar-refractivity contribution in [3.63, 3.8) is 0 Å². The monoisotopic (exact) mass is 253 g/mol. The first-order chi connectivity index (χ1) is 7.67. The molecule has 1 aromatic rings. The summed E-state index contributed by atoms with van der Waals surface area (Å²) < 4.78 is 0. The fourth-order valence-electron chi connectivity index (χ4n) is 2.83. The average Bonchev–Trinajstić information content (AvgIpc) is 2.53. The Morgan fingerprint density at radius 2 is 1.71 bits per heavy atom. The van der Waals surface area contributed by atoms with Gasteiger partial charge in [0.2, 0.25) is 0 Å². The van der Waals surface area contributed by atoms with Gasteiger partial charge in [-0.2, -0.15) is 0 Å². The molecular formula is C13H19NO2S. The number of nitro groups is 1. The minimum Gasteiger partial charge on any atom is -0.258 e. The second-order valence-electron chi connectivity index (χ2n) is 6.26. The van der Waals surface area contributed by atoms with E-state index in [-0.39, 0.29) is 15.8 Å². The summed E-state index contributed by atoms with van der Waals surface area (Å²) in [6, 6.07) is 0. The van der Waals surface area contributed by atoms with Gasteiger partial charge in [-0.3, -0.25) is 10.1 Å². The Bertz CT molecular complexity index is 486. The lowest BCUT2D eigenvalue weighted by Crippen LogP contribution is -2.32. The van der Waals surface area contributed by atoms with Crippen molar-refractivity contribution in [1.82, 2.24) is 0 Å². The van der Waals surface area contributed by atoms with Crippen LogP contribution in [0.5, 0.6) is 0 Å². The lowest BCUT2D eigenvalue weighted by Gasteiger charge is -2.39. The quantitative estimate of drug-likeness (QED) is 0.552. The third-order valence-corrected chi connectivity index (χ3v) is 5.56. The van der Waals surface area contributed by atoms with Crippen LogP contribution >= 0.6 is 11.3 Å². The van der Waals surface area contributed by atoms with Crippen molar-refractivity contribution in [3.05, 3.63) is 26.1 Å². The molecule has 0 radical (unpaired) electrons. The molecule has 2 rings (SSSR count). The van der Waals surface area contributed by atoms with Crippen molar-refractivity contribution in [2.45, 2.75) is 58.3 Å². The van der Waals surface area contributed by atoms with E-state index >= 15 is 0 Å². The third kappa shape index (κ3) is 1.79. The molecule has 1 aliphatic rings. The number of fused-ring (bicyclic) bond motifs is 1. The highest BCUT2D eigenvalue weighted by atomic mass is 32.1. The SMILES string of the molecule is Cc1c([N+](=O)[O-])sc2c1C(C)(C)CCC2(C)C. The number of hydrogen-bond acceptors (Lipinski definition) is 3. The first kappa shape index (κ1) is 12.6. The number of hydrogen-bond donors (Lipinski definition) is 0. The zero-order chi connectivity index (χ0) is 13.0. The molecule has 0 atom stereocenters. The summed E-state index contributed by atoms with van der Waals surface area (Å²) in [6.07, 6.45) is 2.20. The van der Waals surface area contributed by atoms with Gasteiger partial charge in [0.1, 0.15) is 0 Å². The van der Waals surface area contributed by atoms with Crippen molar-refractivity contribution in [2.24, 2.45) is 0 Å². The molecular weight excluding hydrogens is 234 g/mol. The molecule has 0 fully saturated rings. The third-order valence-electron chi connectivity index (χ3n) is 3.95. The predicted molar refractivity (Wildman–Crippen MR) is 71.0 cm³/mol. The Morgan fingerprint density at radius 1 is 1.18 bits per heavy atom. The van der Waals surface area contributed by atoms with E-state index in [9.17, 15) is 10.1 Å². The van der Waals surface area contributed by atoms with Gasteiger partial charge in [0.15, 0.2) is 0 Å². The topological polar surface area (TPSA) is 43.1 Å². The van der Waals surface area contributed by atoms with Crippen LogP contribution in [0.3, 0.4) is 0 Å². The van der Waals surface area contributed by atoms with E-state index in [2.05, 4.69) is 27.7 Å². The number of thiophene rings is 1. The molecule has 0 saturated carbocycles. The summed E-state index contributed by atoms with van der Waals surface area (Å²) in [5.41, 5.74) is 2.26. The Labute approximate surface area is 106 Å². The van der Waals surface area contributed by atoms with Gasteiger partial charge in [-0.15, -0.1) is 0 Å². The van der Waals surface area contributed by atoms with E-state index in [4.69, 9.17) is 0 Å². The largest absolute Gasteiger partial charge is 0.327 e. The summed E-state index contributed by atoms with van der Waals surface area (Å²) in [5, 5.41) is 11.4. The molecule has 94 valence electrons. The lowest BCUT2D eigenvalue weighted by molar-refractivity contribution is -0.380. The zero-order valence-electron chi connectivity index (χ0n) is 11.1. The van der Waals surface area contributed by atoms with Crippen LogP contribution in [0.4, 0.5) is 5.00 Å². The summed E-state index contributed by atoms with van der Waals surface area (Å²) in [7, 11) is 0. The standard InChI is InChI=1S/C13H19NO2S/c1-8-9-10(17-11(8)14(15)16)13(4,5)7-6-12(9,2)3/h6-7H2,1-5H3. The van der Waals surface area contributed by atoms with Gasteiger partial charge in [-0.25, -0.2) is 0 Å². The molecule has 0 amide bonds. The predicted octanol–water partition coefficient (Wildman–Crippen LogP) is 4.31. The van der Waals surface area contributed by atoms with E-state index in [0.717, 1.165) is 18.4 Å². The van der Waals surface area contributed by atoms with E-state index in [1.165, 1.54) is 21.8 Å². The maximum Gasteiger partial charge on any atom is 0.327 e. The van der Waals surface area contributed by atoms with E-state index in [1.807, 2.05) is 6.92 Å². The van der Waals surface area contributed by atoms with Gasteiger partial charge in [0.05, 0.1) is 4.92 Å². The second kappa shape index (κ2) is 3.55. The molecule has 0 aromatic carbocycles. The second-order valence-corrected chi connectivity index (χ2v) is 7.26. The summed E-state index contributed by atoms with van der Waals surface area (Å²) in [5.74, 6) is 0. The Hall–Kier alpha value is -0.900. The highest BCUT2D eigenvalue weighted by Gasteiger charge is 2.42.